The Hall–Kier alpha value is -9.76. The molecule has 1 aliphatic carbocycles. The second-order valence-electron chi connectivity index (χ2n) is 19.7. The summed E-state index contributed by atoms with van der Waals surface area (Å²) in [6, 6.07) is 103. The van der Waals surface area contributed by atoms with Crippen LogP contribution in [0, 0.1) is 0 Å². The summed E-state index contributed by atoms with van der Waals surface area (Å²) in [7, 11) is 0. The van der Waals surface area contributed by atoms with Crippen LogP contribution in [0.1, 0.15) is 28.7 Å². The highest BCUT2D eigenvalue weighted by atomic mass is 15.1. The van der Waals surface area contributed by atoms with Crippen molar-refractivity contribution in [3.05, 3.63) is 332 Å². The van der Waals surface area contributed by atoms with E-state index in [1.165, 1.54) is 49.7 Å². The molecule has 0 atom stereocenters. The van der Waals surface area contributed by atoms with Crippen molar-refractivity contribution in [2.24, 2.45) is 0 Å². The molecule has 0 bridgehead atoms. The summed E-state index contributed by atoms with van der Waals surface area (Å²) < 4.78 is 2.44. The zero-order chi connectivity index (χ0) is 50.8. The van der Waals surface area contributed by atoms with E-state index in [4.69, 9.17) is 6.58 Å². The van der Waals surface area contributed by atoms with Crippen LogP contribution in [0.25, 0.3) is 77.6 Å². The smallest absolute Gasteiger partial charge is 0.0547 e. The quantitative estimate of drug-likeness (QED) is 0.133. The number of aromatic nitrogens is 1. The lowest BCUT2D eigenvalue weighted by Gasteiger charge is -2.37. The first kappa shape index (κ1) is 46.1. The van der Waals surface area contributed by atoms with Crippen LogP contribution >= 0.6 is 0 Å². The third kappa shape index (κ3) is 8.27. The van der Waals surface area contributed by atoms with E-state index in [1.54, 1.807) is 0 Å². The van der Waals surface area contributed by atoms with Gasteiger partial charge in [-0.15, -0.1) is 0 Å². The van der Waals surface area contributed by atoms with Crippen molar-refractivity contribution in [1.29, 1.82) is 0 Å². The van der Waals surface area contributed by atoms with E-state index >= 15 is 0 Å². The van der Waals surface area contributed by atoms with Gasteiger partial charge in [0.2, 0.25) is 0 Å². The first-order chi connectivity index (χ1) is 37.6. The van der Waals surface area contributed by atoms with Gasteiger partial charge in [-0.1, -0.05) is 255 Å². The molecule has 0 N–H and O–H groups in total. The fourth-order valence-electron chi connectivity index (χ4n) is 11.7. The molecule has 0 unspecified atom stereocenters. The number of fused-ring (bicyclic) bond motifs is 4. The Bertz CT molecular complexity index is 4070. The number of hydrogen-bond donors (Lipinski definition) is 0. The molecule has 2 nitrogen and oxygen atoms in total. The molecule has 0 spiro atoms. The first-order valence-electron chi connectivity index (χ1n) is 26.2. The van der Waals surface area contributed by atoms with Gasteiger partial charge in [0.25, 0.3) is 0 Å². The normalized spacial score (nSPS) is 14.2. The molecular weight excluding hydrogens is 917 g/mol. The van der Waals surface area contributed by atoms with E-state index in [-0.39, 0.29) is 0 Å². The van der Waals surface area contributed by atoms with Crippen LogP contribution in [-0.2, 0) is 5.41 Å². The topological polar surface area (TPSA) is 8.17 Å². The third-order valence-electron chi connectivity index (χ3n) is 15.4. The number of anilines is 3. The van der Waals surface area contributed by atoms with E-state index in [9.17, 15) is 0 Å². The van der Waals surface area contributed by atoms with Gasteiger partial charge in [0.1, 0.15) is 0 Å². The lowest BCUT2D eigenvalue weighted by molar-refractivity contribution is 0.626. The average Bonchev–Trinajstić information content (AvgIpc) is 3.86. The van der Waals surface area contributed by atoms with Gasteiger partial charge in [0, 0.05) is 33.2 Å². The largest absolute Gasteiger partial charge is 0.310 e. The minimum absolute atomic E-state index is 0.437. The summed E-state index contributed by atoms with van der Waals surface area (Å²) in [5, 5.41) is 2.41. The highest BCUT2D eigenvalue weighted by molar-refractivity contribution is 6.15. The molecule has 0 aliphatic heterocycles. The second-order valence-corrected chi connectivity index (χ2v) is 19.7. The number of rotatable bonds is 10. The molecule has 2 heteroatoms. The molecule has 13 rings (SSSR count). The molecule has 0 fully saturated rings. The molecule has 0 amide bonds. The number of benzene rings is 11. The summed E-state index contributed by atoms with van der Waals surface area (Å²) >= 11 is 0. The summed E-state index contributed by atoms with van der Waals surface area (Å²) in [6.45, 7) is 4.97. The number of para-hydroxylation sites is 2. The SMILES string of the molecule is C=C1/C(n2c3ccccc3c3ccc(-c4ccc(-c5cccc(N(c6ccccc6)c6ccc(-c7ccccc7-c7ccccc7)cc6)c5)cc4)cc32)=C\C=C/CC(c2ccccc2)(c2ccccc2)c2ccccc21. The van der Waals surface area contributed by atoms with Crippen LogP contribution in [0.2, 0.25) is 0 Å². The lowest BCUT2D eigenvalue weighted by Crippen LogP contribution is -2.30. The lowest BCUT2D eigenvalue weighted by atomic mass is 9.65. The molecule has 1 aliphatic rings. The Balaban J connectivity index is 0.851. The Labute approximate surface area is 445 Å². The van der Waals surface area contributed by atoms with Crippen molar-refractivity contribution in [2.45, 2.75) is 11.8 Å². The average molecular weight is 971 g/mol. The van der Waals surface area contributed by atoms with Crippen LogP contribution < -0.4 is 4.90 Å². The van der Waals surface area contributed by atoms with Gasteiger partial charge < -0.3 is 9.47 Å². The minimum Gasteiger partial charge on any atom is -0.310 e. The van der Waals surface area contributed by atoms with Crippen LogP contribution in [0.3, 0.4) is 0 Å². The standard InChI is InChI=1S/C74H54N2/c1-53-65-33-16-18-37-70(65)74(60-26-8-3-9-27-60,61-28-10-4-11-29-61)50-21-20-38-71(53)76-72-39-19-17-36-68(72)69-49-46-59(52-73(69)76)55-42-40-54(41-43-55)58-25-22-32-64(51-58)75(62-30-12-5-13-31-62)63-47-44-57(45-48-63)67-35-15-14-34-66(67)56-23-6-2-7-24-56/h2-49,51-52H,1,50H2/b21-20-,71-38+. The van der Waals surface area contributed by atoms with Crippen molar-refractivity contribution in [3.63, 3.8) is 0 Å². The summed E-state index contributed by atoms with van der Waals surface area (Å²) in [6.07, 6.45) is 7.65. The summed E-state index contributed by atoms with van der Waals surface area (Å²) in [5.41, 5.74) is 21.5. The fraction of sp³-hybridized carbons (Fsp3) is 0.0270. The maximum Gasteiger partial charge on any atom is 0.0547 e. The zero-order valence-electron chi connectivity index (χ0n) is 42.2. The fourth-order valence-corrected chi connectivity index (χ4v) is 11.7. The molecule has 360 valence electrons. The number of nitrogens with zero attached hydrogens (tertiary/aromatic N) is 2. The van der Waals surface area contributed by atoms with Crippen molar-refractivity contribution in [1.82, 2.24) is 4.57 Å². The van der Waals surface area contributed by atoms with Gasteiger partial charge in [-0.3, -0.25) is 0 Å². The monoisotopic (exact) mass is 970 g/mol. The predicted molar refractivity (Wildman–Crippen MR) is 322 cm³/mol. The molecule has 1 heterocycles. The van der Waals surface area contributed by atoms with Gasteiger partial charge >= 0.3 is 0 Å². The van der Waals surface area contributed by atoms with E-state index in [2.05, 4.69) is 313 Å². The summed E-state index contributed by atoms with van der Waals surface area (Å²) in [4.78, 5) is 2.35. The van der Waals surface area contributed by atoms with E-state index in [0.717, 1.165) is 73.6 Å². The number of hydrogen-bond acceptors (Lipinski definition) is 1. The van der Waals surface area contributed by atoms with Gasteiger partial charge in [-0.2, -0.15) is 0 Å². The Kier molecular flexibility index (Phi) is 12.1. The molecule has 12 aromatic rings. The Morgan fingerprint density at radius 1 is 0.355 bits per heavy atom. The molecule has 76 heavy (non-hydrogen) atoms. The van der Waals surface area contributed by atoms with E-state index in [1.807, 2.05) is 0 Å². The van der Waals surface area contributed by atoms with Gasteiger partial charge in [0.05, 0.1) is 16.7 Å². The highest BCUT2D eigenvalue weighted by Gasteiger charge is 2.38. The van der Waals surface area contributed by atoms with Crippen LogP contribution in [0.15, 0.2) is 310 Å². The maximum absolute atomic E-state index is 4.97. The molecule has 0 radical (unpaired) electrons. The number of allylic oxidation sites excluding steroid dienone is 5. The van der Waals surface area contributed by atoms with Gasteiger partial charge in [-0.05, 0) is 133 Å². The van der Waals surface area contributed by atoms with Gasteiger partial charge in [0.15, 0.2) is 0 Å². The van der Waals surface area contributed by atoms with Crippen molar-refractivity contribution in [2.75, 3.05) is 4.90 Å². The highest BCUT2D eigenvalue weighted by Crippen LogP contribution is 2.48. The van der Waals surface area contributed by atoms with Gasteiger partial charge in [-0.25, -0.2) is 0 Å². The maximum atomic E-state index is 4.97. The first-order valence-corrected chi connectivity index (χ1v) is 26.2. The van der Waals surface area contributed by atoms with E-state index < -0.39 is 5.41 Å². The van der Waals surface area contributed by atoms with Crippen LogP contribution in [0.5, 0.6) is 0 Å². The molecule has 0 saturated carbocycles. The van der Waals surface area contributed by atoms with E-state index in [0.29, 0.717) is 0 Å². The molecular formula is C74H54N2. The second kappa shape index (κ2) is 19.9. The van der Waals surface area contributed by atoms with Crippen LogP contribution in [0.4, 0.5) is 17.1 Å². The van der Waals surface area contributed by atoms with Crippen molar-refractivity contribution < 1.29 is 0 Å². The summed E-state index contributed by atoms with van der Waals surface area (Å²) in [5.74, 6) is 0. The Morgan fingerprint density at radius 3 is 1.50 bits per heavy atom. The predicted octanol–water partition coefficient (Wildman–Crippen LogP) is 19.8. The molecule has 1 aromatic heterocycles. The van der Waals surface area contributed by atoms with Crippen LogP contribution in [-0.4, -0.2) is 4.57 Å². The van der Waals surface area contributed by atoms with Crippen molar-refractivity contribution >= 4 is 50.1 Å². The van der Waals surface area contributed by atoms with Crippen molar-refractivity contribution in [3.8, 4) is 44.5 Å². The zero-order valence-corrected chi connectivity index (χ0v) is 42.2. The third-order valence-corrected chi connectivity index (χ3v) is 15.4. The molecule has 11 aromatic carbocycles. The minimum atomic E-state index is -0.437. The molecule has 0 saturated heterocycles. The Morgan fingerprint density at radius 2 is 0.829 bits per heavy atom.